The van der Waals surface area contributed by atoms with E-state index < -0.39 is 0 Å². The van der Waals surface area contributed by atoms with Crippen LogP contribution in [0.15, 0.2) is 65.2 Å². The van der Waals surface area contributed by atoms with E-state index in [1.165, 1.54) is 43.2 Å². The Kier molecular flexibility index (Phi) is 7.54. The minimum absolute atomic E-state index is 0.594. The maximum Gasteiger partial charge on any atom is 0.250 e. The number of aromatic nitrogens is 2. The Morgan fingerprint density at radius 1 is 1.00 bits per heavy atom. The summed E-state index contributed by atoms with van der Waals surface area (Å²) in [5.74, 6) is 2.62. The zero-order valence-corrected chi connectivity index (χ0v) is 19.6. The Morgan fingerprint density at radius 2 is 1.72 bits per heavy atom. The van der Waals surface area contributed by atoms with Crippen molar-refractivity contribution in [2.45, 2.75) is 51.5 Å². The van der Waals surface area contributed by atoms with Crippen molar-refractivity contribution in [2.75, 3.05) is 14.1 Å². The Labute approximate surface area is 192 Å². The molecule has 1 atom stereocenters. The molecule has 1 unspecified atom stereocenters. The lowest BCUT2D eigenvalue weighted by molar-refractivity contribution is 0.150. The van der Waals surface area contributed by atoms with Gasteiger partial charge in [0.2, 0.25) is 5.82 Å². The van der Waals surface area contributed by atoms with Crippen LogP contribution in [0.5, 0.6) is 0 Å². The van der Waals surface area contributed by atoms with Crippen molar-refractivity contribution in [3.05, 3.63) is 77.7 Å². The van der Waals surface area contributed by atoms with Gasteiger partial charge in [-0.3, -0.25) is 0 Å². The zero-order chi connectivity index (χ0) is 22.3. The third-order valence-electron chi connectivity index (χ3n) is 6.86. The highest BCUT2D eigenvalue weighted by atomic mass is 16.5. The highest BCUT2D eigenvalue weighted by molar-refractivity contribution is 5.56. The van der Waals surface area contributed by atoms with Crippen molar-refractivity contribution in [1.82, 2.24) is 15.0 Å². The van der Waals surface area contributed by atoms with Crippen molar-refractivity contribution < 1.29 is 4.52 Å². The molecule has 168 valence electrons. The molecule has 3 aromatic rings. The first kappa shape index (κ1) is 22.5. The maximum atomic E-state index is 5.45. The fourth-order valence-corrected chi connectivity index (χ4v) is 4.94. The average Bonchev–Trinajstić information content (AvgIpc) is 3.29. The average molecular weight is 430 g/mol. The molecule has 4 rings (SSSR count). The van der Waals surface area contributed by atoms with E-state index in [2.05, 4.69) is 84.6 Å². The van der Waals surface area contributed by atoms with E-state index in [-0.39, 0.29) is 0 Å². The quantitative estimate of drug-likeness (QED) is 0.414. The number of rotatable bonds is 8. The molecule has 4 heteroatoms. The maximum absolute atomic E-state index is 5.45. The van der Waals surface area contributed by atoms with Crippen LogP contribution in [0, 0.1) is 18.8 Å². The molecule has 2 aromatic carbocycles. The van der Waals surface area contributed by atoms with Crippen LogP contribution in [0.4, 0.5) is 0 Å². The van der Waals surface area contributed by atoms with E-state index in [9.17, 15) is 0 Å². The summed E-state index contributed by atoms with van der Waals surface area (Å²) in [5.41, 5.74) is 3.66. The van der Waals surface area contributed by atoms with Crippen molar-refractivity contribution in [3.8, 4) is 11.4 Å². The van der Waals surface area contributed by atoms with Gasteiger partial charge in [-0.05, 0) is 83.0 Å². The van der Waals surface area contributed by atoms with E-state index in [0.29, 0.717) is 23.7 Å². The molecule has 0 amide bonds. The van der Waals surface area contributed by atoms with E-state index in [1.54, 1.807) is 0 Å². The van der Waals surface area contributed by atoms with E-state index >= 15 is 0 Å². The van der Waals surface area contributed by atoms with Crippen LogP contribution in [0.25, 0.3) is 17.5 Å². The first-order valence-electron chi connectivity index (χ1n) is 11.9. The summed E-state index contributed by atoms with van der Waals surface area (Å²) in [6.45, 7) is 2.08. The highest BCUT2D eigenvalue weighted by Crippen LogP contribution is 2.34. The number of hydrogen-bond acceptors (Lipinski definition) is 4. The van der Waals surface area contributed by atoms with Gasteiger partial charge in [-0.25, -0.2) is 0 Å². The Hall–Kier alpha value is -2.72. The van der Waals surface area contributed by atoms with Crippen LogP contribution in [0.1, 0.15) is 49.1 Å². The molecule has 1 saturated carbocycles. The van der Waals surface area contributed by atoms with Crippen molar-refractivity contribution in [1.29, 1.82) is 0 Å². The normalized spacial score (nSPS) is 20.1. The van der Waals surface area contributed by atoms with Gasteiger partial charge >= 0.3 is 0 Å². The minimum Gasteiger partial charge on any atom is -0.334 e. The fourth-order valence-electron chi connectivity index (χ4n) is 4.94. The van der Waals surface area contributed by atoms with Gasteiger partial charge in [0.05, 0.1) is 0 Å². The van der Waals surface area contributed by atoms with Crippen molar-refractivity contribution in [2.24, 2.45) is 11.8 Å². The predicted molar refractivity (Wildman–Crippen MR) is 131 cm³/mol. The van der Waals surface area contributed by atoms with Gasteiger partial charge in [0.1, 0.15) is 0 Å². The summed E-state index contributed by atoms with van der Waals surface area (Å²) in [5, 5.41) is 4.14. The second-order valence-corrected chi connectivity index (χ2v) is 9.41. The molecule has 1 aliphatic carbocycles. The smallest absolute Gasteiger partial charge is 0.250 e. The van der Waals surface area contributed by atoms with Crippen LogP contribution in [0.2, 0.25) is 0 Å². The molecule has 1 heterocycles. The molecule has 0 radical (unpaired) electrons. The molecule has 0 bridgehead atoms. The number of benzene rings is 2. The molecule has 0 N–H and O–H groups in total. The lowest BCUT2D eigenvalue weighted by Gasteiger charge is -2.37. The van der Waals surface area contributed by atoms with Gasteiger partial charge < -0.3 is 9.42 Å². The fraction of sp³-hybridized carbons (Fsp3) is 0.429. The largest absolute Gasteiger partial charge is 0.334 e. The summed E-state index contributed by atoms with van der Waals surface area (Å²) in [7, 11) is 4.48. The molecule has 32 heavy (non-hydrogen) atoms. The summed E-state index contributed by atoms with van der Waals surface area (Å²) in [4.78, 5) is 6.98. The highest BCUT2D eigenvalue weighted by Gasteiger charge is 2.28. The van der Waals surface area contributed by atoms with Crippen LogP contribution >= 0.6 is 0 Å². The molecule has 1 aliphatic rings. The lowest BCUT2D eigenvalue weighted by Crippen LogP contribution is -2.37. The third-order valence-corrected chi connectivity index (χ3v) is 6.86. The number of nitrogens with zero attached hydrogens (tertiary/aromatic N) is 3. The zero-order valence-electron chi connectivity index (χ0n) is 19.6. The van der Waals surface area contributed by atoms with Gasteiger partial charge in [0.15, 0.2) is 0 Å². The Morgan fingerprint density at radius 3 is 2.41 bits per heavy atom. The molecule has 4 nitrogen and oxygen atoms in total. The third kappa shape index (κ3) is 5.95. The molecule has 0 saturated heterocycles. The minimum atomic E-state index is 0.594. The van der Waals surface area contributed by atoms with Gasteiger partial charge in [-0.1, -0.05) is 71.4 Å². The number of hydrogen-bond donors (Lipinski definition) is 0. The summed E-state index contributed by atoms with van der Waals surface area (Å²) < 4.78 is 5.45. The molecule has 0 spiro atoms. The van der Waals surface area contributed by atoms with Crippen LogP contribution in [-0.4, -0.2) is 35.2 Å². The Bertz CT molecular complexity index is 983. The molecule has 1 fully saturated rings. The van der Waals surface area contributed by atoms with Crippen molar-refractivity contribution >= 4 is 6.08 Å². The topological polar surface area (TPSA) is 42.2 Å². The van der Waals surface area contributed by atoms with Crippen molar-refractivity contribution in [3.63, 3.8) is 0 Å². The van der Waals surface area contributed by atoms with Crippen LogP contribution in [0.3, 0.4) is 0 Å². The molecular formula is C28H35N3O. The second kappa shape index (κ2) is 10.7. The SMILES string of the molecule is Cc1ccc(-c2noc(C=CC3CCC(C(CCc4ccccc4)N(C)C)CC3)n2)cc1. The monoisotopic (exact) mass is 429 g/mol. The van der Waals surface area contributed by atoms with Crippen LogP contribution in [-0.2, 0) is 6.42 Å². The van der Waals surface area contributed by atoms with Gasteiger partial charge in [-0.15, -0.1) is 0 Å². The summed E-state index contributed by atoms with van der Waals surface area (Å²) >= 11 is 0. The molecule has 0 aliphatic heterocycles. The van der Waals surface area contributed by atoms with E-state index in [4.69, 9.17) is 4.52 Å². The Balaban J connectivity index is 1.29. The molecular weight excluding hydrogens is 394 g/mol. The second-order valence-electron chi connectivity index (χ2n) is 9.41. The van der Waals surface area contributed by atoms with Gasteiger partial charge in [0.25, 0.3) is 5.89 Å². The lowest BCUT2D eigenvalue weighted by atomic mass is 9.76. The van der Waals surface area contributed by atoms with Gasteiger partial charge in [0, 0.05) is 11.6 Å². The first-order chi connectivity index (χ1) is 15.6. The summed E-state index contributed by atoms with van der Waals surface area (Å²) in [6, 6.07) is 19.7. The standard InChI is InChI=1S/C28H35N3O/c1-21-9-15-25(16-10-21)28-29-27(32-30-28)20-14-23-11-17-24(18-12-23)26(31(2)3)19-13-22-7-5-4-6-8-22/h4-10,14-16,20,23-24,26H,11-13,17-19H2,1-3H3. The molecule has 1 aromatic heterocycles. The van der Waals surface area contributed by atoms with Crippen LogP contribution < -0.4 is 0 Å². The van der Waals surface area contributed by atoms with E-state index in [1.807, 2.05) is 18.2 Å². The van der Waals surface area contributed by atoms with Gasteiger partial charge in [-0.2, -0.15) is 4.98 Å². The summed E-state index contributed by atoms with van der Waals surface area (Å²) in [6.07, 6.45) is 11.7. The first-order valence-corrected chi connectivity index (χ1v) is 11.9. The predicted octanol–water partition coefficient (Wildman–Crippen LogP) is 6.43. The van der Waals surface area contributed by atoms with E-state index in [0.717, 1.165) is 17.9 Å². The number of aryl methyl sites for hydroxylation is 2. The number of allylic oxidation sites excluding steroid dienone is 1.